The summed E-state index contributed by atoms with van der Waals surface area (Å²) in [7, 11) is 0. The van der Waals surface area contributed by atoms with Gasteiger partial charge < -0.3 is 5.32 Å². The smallest absolute Gasteiger partial charge is 0.271 e. The van der Waals surface area contributed by atoms with E-state index in [9.17, 15) is 10.1 Å². The van der Waals surface area contributed by atoms with Gasteiger partial charge in [-0.25, -0.2) is 0 Å². The van der Waals surface area contributed by atoms with E-state index in [2.05, 4.69) is 5.32 Å². The van der Waals surface area contributed by atoms with E-state index >= 15 is 0 Å². The van der Waals surface area contributed by atoms with Crippen molar-refractivity contribution in [3.63, 3.8) is 0 Å². The lowest BCUT2D eigenvalue weighted by molar-refractivity contribution is -0.384. The molecule has 1 fully saturated rings. The molecule has 0 heterocycles. The van der Waals surface area contributed by atoms with Crippen LogP contribution in [0.25, 0.3) is 0 Å². The second-order valence-electron chi connectivity index (χ2n) is 4.69. The number of nitro benzene ring substituents is 1. The van der Waals surface area contributed by atoms with Gasteiger partial charge in [0.25, 0.3) is 5.69 Å². The highest BCUT2D eigenvalue weighted by molar-refractivity contribution is 5.50. The van der Waals surface area contributed by atoms with Crippen LogP contribution < -0.4 is 5.32 Å². The Morgan fingerprint density at radius 2 is 2.06 bits per heavy atom. The predicted octanol–water partition coefficient (Wildman–Crippen LogP) is 3.59. The Hall–Kier alpha value is -1.58. The topological polar surface area (TPSA) is 55.2 Å². The molecule has 4 heteroatoms. The average Bonchev–Trinajstić information content (AvgIpc) is 2.38. The van der Waals surface area contributed by atoms with Crippen molar-refractivity contribution in [2.45, 2.75) is 32.1 Å². The van der Waals surface area contributed by atoms with E-state index in [1.54, 1.807) is 12.1 Å². The number of nitrogens with one attached hydrogen (secondary N) is 1. The van der Waals surface area contributed by atoms with Gasteiger partial charge in [-0.05, 0) is 24.8 Å². The van der Waals surface area contributed by atoms with Gasteiger partial charge >= 0.3 is 0 Å². The molecule has 0 bridgehead atoms. The maximum Gasteiger partial charge on any atom is 0.271 e. The van der Waals surface area contributed by atoms with Gasteiger partial charge in [-0.3, -0.25) is 10.1 Å². The quantitative estimate of drug-likeness (QED) is 0.639. The van der Waals surface area contributed by atoms with Crippen molar-refractivity contribution >= 4 is 11.4 Å². The van der Waals surface area contributed by atoms with Gasteiger partial charge in [0.1, 0.15) is 0 Å². The van der Waals surface area contributed by atoms with Crippen LogP contribution in [0.5, 0.6) is 0 Å². The SMILES string of the molecule is O=[N+]([O-])c1cccc(NCC2CCCCC2)c1. The molecule has 0 unspecified atom stereocenters. The summed E-state index contributed by atoms with van der Waals surface area (Å²) in [4.78, 5) is 10.3. The van der Waals surface area contributed by atoms with Crippen LogP contribution in [-0.2, 0) is 0 Å². The number of nitrogens with zero attached hydrogens (tertiary/aromatic N) is 1. The number of nitro groups is 1. The van der Waals surface area contributed by atoms with Crippen LogP contribution in [0.2, 0.25) is 0 Å². The molecule has 17 heavy (non-hydrogen) atoms. The summed E-state index contributed by atoms with van der Waals surface area (Å²) in [6.07, 6.45) is 6.56. The highest BCUT2D eigenvalue weighted by Gasteiger charge is 2.13. The molecule has 1 aliphatic carbocycles. The van der Waals surface area contributed by atoms with Gasteiger partial charge in [0, 0.05) is 24.4 Å². The zero-order chi connectivity index (χ0) is 12.1. The molecule has 0 aromatic heterocycles. The Kier molecular flexibility index (Phi) is 3.96. The number of rotatable bonds is 4. The molecule has 2 rings (SSSR count). The van der Waals surface area contributed by atoms with Crippen molar-refractivity contribution < 1.29 is 4.92 Å². The van der Waals surface area contributed by atoms with E-state index in [1.807, 2.05) is 6.07 Å². The fourth-order valence-electron chi connectivity index (χ4n) is 2.38. The van der Waals surface area contributed by atoms with E-state index in [-0.39, 0.29) is 10.6 Å². The van der Waals surface area contributed by atoms with Gasteiger partial charge in [-0.1, -0.05) is 25.3 Å². The van der Waals surface area contributed by atoms with E-state index < -0.39 is 0 Å². The zero-order valence-electron chi connectivity index (χ0n) is 9.89. The molecule has 0 spiro atoms. The zero-order valence-corrected chi connectivity index (χ0v) is 9.89. The van der Waals surface area contributed by atoms with Gasteiger partial charge in [-0.15, -0.1) is 0 Å². The standard InChI is InChI=1S/C13H18N2O2/c16-15(17)13-8-4-7-12(9-13)14-10-11-5-2-1-3-6-11/h4,7-9,11,14H,1-3,5-6,10H2. The fraction of sp³-hybridized carbons (Fsp3) is 0.538. The Morgan fingerprint density at radius 3 is 2.76 bits per heavy atom. The van der Waals surface area contributed by atoms with E-state index in [0.29, 0.717) is 0 Å². The molecule has 92 valence electrons. The third-order valence-electron chi connectivity index (χ3n) is 3.38. The third-order valence-corrected chi connectivity index (χ3v) is 3.38. The molecular weight excluding hydrogens is 216 g/mol. The highest BCUT2D eigenvalue weighted by atomic mass is 16.6. The van der Waals surface area contributed by atoms with Crippen LogP contribution in [0.3, 0.4) is 0 Å². The van der Waals surface area contributed by atoms with Crippen LogP contribution in [0.1, 0.15) is 32.1 Å². The van der Waals surface area contributed by atoms with Crippen LogP contribution in [0, 0.1) is 16.0 Å². The molecule has 0 aliphatic heterocycles. The number of benzene rings is 1. The first-order valence-electron chi connectivity index (χ1n) is 6.24. The predicted molar refractivity (Wildman–Crippen MR) is 68.2 cm³/mol. The van der Waals surface area contributed by atoms with Crippen LogP contribution in [0.4, 0.5) is 11.4 Å². The molecule has 1 aromatic carbocycles. The molecule has 1 N–H and O–H groups in total. The van der Waals surface area contributed by atoms with Gasteiger partial charge in [0.05, 0.1) is 4.92 Å². The summed E-state index contributed by atoms with van der Waals surface area (Å²) in [6.45, 7) is 0.932. The summed E-state index contributed by atoms with van der Waals surface area (Å²) >= 11 is 0. The number of anilines is 1. The summed E-state index contributed by atoms with van der Waals surface area (Å²) in [5.74, 6) is 0.725. The minimum atomic E-state index is -0.355. The minimum Gasteiger partial charge on any atom is -0.385 e. The first-order chi connectivity index (χ1) is 8.25. The maximum absolute atomic E-state index is 10.6. The first-order valence-corrected chi connectivity index (χ1v) is 6.24. The Morgan fingerprint density at radius 1 is 1.29 bits per heavy atom. The van der Waals surface area contributed by atoms with Gasteiger partial charge in [0.2, 0.25) is 0 Å². The van der Waals surface area contributed by atoms with Crippen molar-refractivity contribution in [3.8, 4) is 0 Å². The van der Waals surface area contributed by atoms with Crippen molar-refractivity contribution in [1.82, 2.24) is 0 Å². The highest BCUT2D eigenvalue weighted by Crippen LogP contribution is 2.24. The van der Waals surface area contributed by atoms with E-state index in [0.717, 1.165) is 18.2 Å². The summed E-state index contributed by atoms with van der Waals surface area (Å²) in [6, 6.07) is 6.73. The normalized spacial score (nSPS) is 16.7. The molecule has 4 nitrogen and oxygen atoms in total. The number of non-ortho nitro benzene ring substituents is 1. The van der Waals surface area contributed by atoms with Crippen molar-refractivity contribution in [1.29, 1.82) is 0 Å². The van der Waals surface area contributed by atoms with Crippen molar-refractivity contribution in [3.05, 3.63) is 34.4 Å². The van der Waals surface area contributed by atoms with Gasteiger partial charge in [-0.2, -0.15) is 0 Å². The molecule has 0 atom stereocenters. The minimum absolute atomic E-state index is 0.152. The molecule has 1 saturated carbocycles. The number of hydrogen-bond donors (Lipinski definition) is 1. The molecule has 0 amide bonds. The third kappa shape index (κ3) is 3.44. The fourth-order valence-corrected chi connectivity index (χ4v) is 2.38. The first kappa shape index (κ1) is 11.9. The molecular formula is C13H18N2O2. The van der Waals surface area contributed by atoms with Crippen molar-refractivity contribution in [2.24, 2.45) is 5.92 Å². The van der Waals surface area contributed by atoms with Crippen LogP contribution >= 0.6 is 0 Å². The molecule has 0 radical (unpaired) electrons. The Labute approximate surface area is 101 Å². The lowest BCUT2D eigenvalue weighted by Gasteiger charge is -2.22. The Bertz CT molecular complexity index is 387. The number of hydrogen-bond acceptors (Lipinski definition) is 3. The second-order valence-corrected chi connectivity index (χ2v) is 4.69. The van der Waals surface area contributed by atoms with Crippen molar-refractivity contribution in [2.75, 3.05) is 11.9 Å². The lowest BCUT2D eigenvalue weighted by Crippen LogP contribution is -2.17. The van der Waals surface area contributed by atoms with E-state index in [1.165, 1.54) is 38.2 Å². The summed E-state index contributed by atoms with van der Waals surface area (Å²) in [5, 5.41) is 13.9. The molecule has 1 aromatic rings. The molecule has 0 saturated heterocycles. The average molecular weight is 234 g/mol. The second kappa shape index (κ2) is 5.66. The largest absolute Gasteiger partial charge is 0.385 e. The van der Waals surface area contributed by atoms with Gasteiger partial charge in [0.15, 0.2) is 0 Å². The Balaban J connectivity index is 1.89. The van der Waals surface area contributed by atoms with E-state index in [4.69, 9.17) is 0 Å². The lowest BCUT2D eigenvalue weighted by atomic mass is 9.89. The summed E-state index contributed by atoms with van der Waals surface area (Å²) < 4.78 is 0. The maximum atomic E-state index is 10.6. The van der Waals surface area contributed by atoms with Crippen LogP contribution in [0.15, 0.2) is 24.3 Å². The monoisotopic (exact) mass is 234 g/mol. The summed E-state index contributed by atoms with van der Waals surface area (Å²) in [5.41, 5.74) is 1.00. The molecule has 1 aliphatic rings. The van der Waals surface area contributed by atoms with Crippen LogP contribution in [-0.4, -0.2) is 11.5 Å².